The maximum Gasteiger partial charge on any atom is 0.246 e. The first kappa shape index (κ1) is 24.2. The second kappa shape index (κ2) is 12.0. The van der Waals surface area contributed by atoms with E-state index in [1.807, 2.05) is 31.2 Å². The van der Waals surface area contributed by atoms with Crippen LogP contribution in [-0.4, -0.2) is 37.4 Å². The van der Waals surface area contributed by atoms with Crippen molar-refractivity contribution in [1.82, 2.24) is 10.6 Å². The van der Waals surface area contributed by atoms with Crippen molar-refractivity contribution in [2.45, 2.75) is 19.3 Å². The Balaban J connectivity index is 0.00000341. The lowest BCUT2D eigenvalue weighted by atomic mass is 9.90. The van der Waals surface area contributed by atoms with Gasteiger partial charge in [0, 0.05) is 42.4 Å². The van der Waals surface area contributed by atoms with E-state index in [4.69, 9.17) is 6.42 Å². The molecule has 1 heterocycles. The zero-order chi connectivity index (χ0) is 21.3. The lowest BCUT2D eigenvalue weighted by molar-refractivity contribution is -0.117. The van der Waals surface area contributed by atoms with Crippen molar-refractivity contribution in [3.63, 3.8) is 0 Å². The standard InChI is InChI=1S/C23H25N5O2.HI/c1-3-16-8-7-9-18(12-16)27-22(30)15-26-23(24-4-2)25-14-17-13-21(29)28-20-11-6-5-10-19(17)20;/h1,5-12,17H,4,13-15H2,2H3,(H,27,30)(H,28,29)(H2,24,25,26);1H. The Morgan fingerprint density at radius 2 is 2.03 bits per heavy atom. The van der Waals surface area contributed by atoms with E-state index in [2.05, 4.69) is 32.2 Å². The number of rotatable bonds is 6. The highest BCUT2D eigenvalue weighted by Crippen LogP contribution is 2.31. The topological polar surface area (TPSA) is 94.6 Å². The van der Waals surface area contributed by atoms with Crippen molar-refractivity contribution in [3.8, 4) is 12.3 Å². The van der Waals surface area contributed by atoms with Crippen LogP contribution < -0.4 is 21.3 Å². The average molecular weight is 531 g/mol. The molecule has 8 heteroatoms. The quantitative estimate of drug-likeness (QED) is 0.200. The minimum absolute atomic E-state index is 0. The smallest absolute Gasteiger partial charge is 0.246 e. The van der Waals surface area contributed by atoms with Crippen LogP contribution in [0.2, 0.25) is 0 Å². The van der Waals surface area contributed by atoms with Gasteiger partial charge in [0.1, 0.15) is 6.54 Å². The number of carbonyl (C=O) groups excluding carboxylic acids is 2. The molecule has 0 radical (unpaired) electrons. The molecular weight excluding hydrogens is 505 g/mol. The lowest BCUT2D eigenvalue weighted by Gasteiger charge is -2.26. The number of hydrogen-bond donors (Lipinski definition) is 4. The van der Waals surface area contributed by atoms with Crippen molar-refractivity contribution >= 4 is 53.1 Å². The van der Waals surface area contributed by atoms with Gasteiger partial charge in [-0.25, -0.2) is 4.99 Å². The Labute approximate surface area is 199 Å². The van der Waals surface area contributed by atoms with Crippen LogP contribution in [-0.2, 0) is 9.59 Å². The summed E-state index contributed by atoms with van der Waals surface area (Å²) in [5, 5.41) is 12.1. The molecule has 1 aliphatic heterocycles. The molecule has 2 aromatic carbocycles. The Bertz CT molecular complexity index is 999. The van der Waals surface area contributed by atoms with Gasteiger partial charge in [0.05, 0.1) is 0 Å². The van der Waals surface area contributed by atoms with Gasteiger partial charge in [0.2, 0.25) is 11.8 Å². The number of nitrogens with zero attached hydrogens (tertiary/aromatic N) is 1. The molecule has 31 heavy (non-hydrogen) atoms. The Morgan fingerprint density at radius 3 is 2.81 bits per heavy atom. The maximum atomic E-state index is 12.3. The Morgan fingerprint density at radius 1 is 1.23 bits per heavy atom. The number of halogens is 1. The van der Waals surface area contributed by atoms with E-state index in [1.165, 1.54) is 0 Å². The number of benzene rings is 2. The molecule has 2 amide bonds. The summed E-state index contributed by atoms with van der Waals surface area (Å²) in [6.45, 7) is 3.09. The van der Waals surface area contributed by atoms with E-state index in [9.17, 15) is 9.59 Å². The van der Waals surface area contributed by atoms with E-state index in [0.29, 0.717) is 36.7 Å². The summed E-state index contributed by atoms with van der Waals surface area (Å²) in [7, 11) is 0. The molecule has 0 aliphatic carbocycles. The summed E-state index contributed by atoms with van der Waals surface area (Å²) in [6, 6.07) is 14.9. The molecular formula is C23H26IN5O2. The molecule has 162 valence electrons. The fourth-order valence-electron chi connectivity index (χ4n) is 3.28. The van der Waals surface area contributed by atoms with Crippen LogP contribution in [0.3, 0.4) is 0 Å². The first-order valence-corrected chi connectivity index (χ1v) is 9.86. The van der Waals surface area contributed by atoms with Crippen LogP contribution in [0.1, 0.15) is 30.4 Å². The first-order chi connectivity index (χ1) is 14.6. The largest absolute Gasteiger partial charge is 0.357 e. The highest BCUT2D eigenvalue weighted by Gasteiger charge is 2.24. The van der Waals surface area contributed by atoms with Gasteiger partial charge in [-0.1, -0.05) is 30.2 Å². The van der Waals surface area contributed by atoms with E-state index in [0.717, 1.165) is 11.3 Å². The second-order valence-corrected chi connectivity index (χ2v) is 6.89. The minimum atomic E-state index is -0.247. The van der Waals surface area contributed by atoms with Crippen LogP contribution in [0, 0.1) is 12.3 Å². The number of terminal acetylenes is 1. The van der Waals surface area contributed by atoms with E-state index >= 15 is 0 Å². The molecule has 1 unspecified atom stereocenters. The fourth-order valence-corrected chi connectivity index (χ4v) is 3.28. The molecule has 0 spiro atoms. The Kier molecular flexibility index (Phi) is 9.34. The highest BCUT2D eigenvalue weighted by molar-refractivity contribution is 14.0. The third kappa shape index (κ3) is 7.00. The molecule has 1 atom stereocenters. The van der Waals surface area contributed by atoms with Crippen molar-refractivity contribution in [2.24, 2.45) is 4.99 Å². The third-order valence-corrected chi connectivity index (χ3v) is 4.66. The number of nitrogens with one attached hydrogen (secondary N) is 4. The minimum Gasteiger partial charge on any atom is -0.357 e. The molecule has 0 saturated carbocycles. The number of para-hydroxylation sites is 1. The number of aliphatic imine (C=N–C) groups is 1. The zero-order valence-corrected chi connectivity index (χ0v) is 19.6. The predicted octanol–water partition coefficient (Wildman–Crippen LogP) is 2.91. The number of fused-ring (bicyclic) bond motifs is 1. The fraction of sp³-hybridized carbons (Fsp3) is 0.261. The van der Waals surface area contributed by atoms with Gasteiger partial charge in [0.25, 0.3) is 0 Å². The van der Waals surface area contributed by atoms with Crippen molar-refractivity contribution in [1.29, 1.82) is 0 Å². The van der Waals surface area contributed by atoms with Gasteiger partial charge in [-0.3, -0.25) is 9.59 Å². The summed E-state index contributed by atoms with van der Waals surface area (Å²) in [5.74, 6) is 2.84. The summed E-state index contributed by atoms with van der Waals surface area (Å²) in [5.41, 5.74) is 3.26. The van der Waals surface area contributed by atoms with Gasteiger partial charge < -0.3 is 21.3 Å². The van der Waals surface area contributed by atoms with Crippen LogP contribution in [0.4, 0.5) is 11.4 Å². The predicted molar refractivity (Wildman–Crippen MR) is 135 cm³/mol. The molecule has 0 fully saturated rings. The molecule has 4 N–H and O–H groups in total. The first-order valence-electron chi connectivity index (χ1n) is 9.86. The van der Waals surface area contributed by atoms with E-state index in [-0.39, 0.29) is 48.3 Å². The van der Waals surface area contributed by atoms with Crippen LogP contribution in [0.15, 0.2) is 53.5 Å². The normalized spacial score (nSPS) is 14.9. The van der Waals surface area contributed by atoms with Gasteiger partial charge in [-0.05, 0) is 36.8 Å². The van der Waals surface area contributed by atoms with Gasteiger partial charge >= 0.3 is 0 Å². The van der Waals surface area contributed by atoms with E-state index in [1.54, 1.807) is 24.3 Å². The van der Waals surface area contributed by atoms with Gasteiger partial charge in [-0.2, -0.15) is 0 Å². The van der Waals surface area contributed by atoms with Crippen molar-refractivity contribution < 1.29 is 9.59 Å². The number of anilines is 2. The average Bonchev–Trinajstić information content (AvgIpc) is 2.75. The summed E-state index contributed by atoms with van der Waals surface area (Å²) in [4.78, 5) is 28.6. The van der Waals surface area contributed by atoms with Crippen LogP contribution in [0.5, 0.6) is 0 Å². The number of guanidine groups is 1. The summed E-state index contributed by atoms with van der Waals surface area (Å²) in [6.07, 6.45) is 5.79. The maximum absolute atomic E-state index is 12.3. The summed E-state index contributed by atoms with van der Waals surface area (Å²) < 4.78 is 0. The van der Waals surface area contributed by atoms with Gasteiger partial charge in [0.15, 0.2) is 5.96 Å². The van der Waals surface area contributed by atoms with Crippen LogP contribution in [0.25, 0.3) is 0 Å². The lowest BCUT2D eigenvalue weighted by Crippen LogP contribution is -2.41. The highest BCUT2D eigenvalue weighted by atomic mass is 127. The number of hydrogen-bond acceptors (Lipinski definition) is 3. The molecule has 0 aromatic heterocycles. The zero-order valence-electron chi connectivity index (χ0n) is 17.3. The number of amides is 2. The molecule has 0 bridgehead atoms. The summed E-state index contributed by atoms with van der Waals surface area (Å²) >= 11 is 0. The van der Waals surface area contributed by atoms with Crippen molar-refractivity contribution in [3.05, 3.63) is 59.7 Å². The monoisotopic (exact) mass is 531 g/mol. The van der Waals surface area contributed by atoms with Crippen molar-refractivity contribution in [2.75, 3.05) is 30.3 Å². The van der Waals surface area contributed by atoms with Crippen LogP contribution >= 0.6 is 24.0 Å². The Hall–Kier alpha value is -3.06. The van der Waals surface area contributed by atoms with Gasteiger partial charge in [-0.15, -0.1) is 30.4 Å². The molecule has 0 saturated heterocycles. The second-order valence-electron chi connectivity index (χ2n) is 6.89. The number of carbonyl (C=O) groups is 2. The van der Waals surface area contributed by atoms with E-state index < -0.39 is 0 Å². The third-order valence-electron chi connectivity index (χ3n) is 4.66. The molecule has 3 rings (SSSR count). The molecule has 2 aromatic rings. The SMILES string of the molecule is C#Cc1cccc(NC(=O)CN=C(NCC)NCC2CC(=O)Nc3ccccc32)c1.I. The molecule has 7 nitrogen and oxygen atoms in total. The molecule has 1 aliphatic rings.